The number of nitrogens with one attached hydrogen (secondary N) is 3. The van der Waals surface area contributed by atoms with Gasteiger partial charge in [-0.1, -0.05) is 66.7 Å². The Bertz CT molecular complexity index is 2230. The molecule has 0 spiro atoms. The number of hydrazone groups is 1. The number of non-ortho nitro benzene ring substituents is 1. The molecule has 0 fully saturated rings. The summed E-state index contributed by atoms with van der Waals surface area (Å²) in [6.45, 7) is 1.20. The molecule has 0 radical (unpaired) electrons. The molecule has 0 saturated heterocycles. The van der Waals surface area contributed by atoms with E-state index in [0.717, 1.165) is 22.5 Å². The van der Waals surface area contributed by atoms with Gasteiger partial charge in [-0.15, -0.1) is 0 Å². The van der Waals surface area contributed by atoms with Crippen LogP contribution in [0.5, 0.6) is 11.5 Å². The number of ether oxygens (including phenoxy) is 3. The van der Waals surface area contributed by atoms with E-state index in [-0.39, 0.29) is 22.8 Å². The van der Waals surface area contributed by atoms with Crippen molar-refractivity contribution in [1.82, 2.24) is 20.6 Å². The molecule has 0 saturated carbocycles. The first kappa shape index (κ1) is 35.6. The fourth-order valence-corrected chi connectivity index (χ4v) is 5.99. The first-order chi connectivity index (χ1) is 25.7. The first-order valence-electron chi connectivity index (χ1n) is 16.3. The van der Waals surface area contributed by atoms with Crippen LogP contribution in [-0.4, -0.2) is 54.4 Å². The molecule has 5 aromatic rings. The Morgan fingerprint density at radius 3 is 2.25 bits per heavy atom. The van der Waals surface area contributed by atoms with E-state index in [1.807, 2.05) is 71.3 Å². The highest BCUT2D eigenvalue weighted by molar-refractivity contribution is 5.95. The third-order valence-electron chi connectivity index (χ3n) is 8.41. The fourth-order valence-electron chi connectivity index (χ4n) is 5.99. The molecule has 1 aliphatic rings. The molecule has 2 heterocycles. The number of allylic oxidation sites excluding steroid dienone is 1. The molecule has 14 nitrogen and oxygen atoms in total. The summed E-state index contributed by atoms with van der Waals surface area (Å²) in [5.41, 5.74) is 8.28. The zero-order valence-electron chi connectivity index (χ0n) is 28.9. The van der Waals surface area contributed by atoms with Gasteiger partial charge in [0.25, 0.3) is 11.6 Å². The predicted octanol–water partition coefficient (Wildman–Crippen LogP) is 6.06. The molecule has 4 aromatic carbocycles. The van der Waals surface area contributed by atoms with Gasteiger partial charge in [0, 0.05) is 29.1 Å². The molecule has 53 heavy (non-hydrogen) atoms. The van der Waals surface area contributed by atoms with Crippen molar-refractivity contribution in [2.75, 3.05) is 20.8 Å². The number of methoxy groups -OCH3 is 2. The summed E-state index contributed by atoms with van der Waals surface area (Å²) in [6.07, 6.45) is 1.53. The van der Waals surface area contributed by atoms with Crippen LogP contribution in [0.25, 0.3) is 28.2 Å². The average Bonchev–Trinajstić information content (AvgIpc) is 3.56. The quantitative estimate of drug-likeness (QED) is 0.0605. The Kier molecular flexibility index (Phi) is 10.6. The minimum Gasteiger partial charge on any atom is -0.493 e. The normalized spacial score (nSPS) is 13.9. The van der Waals surface area contributed by atoms with Gasteiger partial charge < -0.3 is 29.4 Å². The molecule has 1 aliphatic heterocycles. The van der Waals surface area contributed by atoms with Crippen molar-refractivity contribution in [2.24, 2.45) is 5.10 Å². The van der Waals surface area contributed by atoms with Crippen LogP contribution in [0.15, 0.2) is 126 Å². The number of aromatic nitrogens is 1. The number of nitro benzene ring substituents is 1. The Labute approximate surface area is 303 Å². The lowest BCUT2D eigenvalue weighted by Gasteiger charge is -2.28. The van der Waals surface area contributed by atoms with Crippen molar-refractivity contribution in [3.63, 3.8) is 0 Å². The molecule has 1 atom stereocenters. The maximum absolute atomic E-state index is 12.9. The number of benzene rings is 4. The summed E-state index contributed by atoms with van der Waals surface area (Å²) >= 11 is 0. The molecular weight excluding hydrogens is 680 g/mol. The monoisotopic (exact) mass is 714 g/mol. The third-order valence-corrected chi connectivity index (χ3v) is 8.41. The molecule has 0 bridgehead atoms. The second-order valence-corrected chi connectivity index (χ2v) is 11.7. The molecule has 14 heteroatoms. The van der Waals surface area contributed by atoms with Gasteiger partial charge in [0.15, 0.2) is 18.1 Å². The maximum atomic E-state index is 12.9. The lowest BCUT2D eigenvalue weighted by atomic mass is 9.95. The number of nitrogens with zero attached hydrogens (tertiary/aromatic N) is 3. The van der Waals surface area contributed by atoms with Crippen molar-refractivity contribution < 1.29 is 33.5 Å². The minimum absolute atomic E-state index is 0.0288. The van der Waals surface area contributed by atoms with Gasteiger partial charge in [-0.25, -0.2) is 15.0 Å². The van der Waals surface area contributed by atoms with Crippen molar-refractivity contribution >= 4 is 29.8 Å². The molecular formula is C39H34N6O8. The van der Waals surface area contributed by atoms with Gasteiger partial charge >= 0.3 is 12.0 Å². The van der Waals surface area contributed by atoms with E-state index in [0.29, 0.717) is 22.5 Å². The van der Waals surface area contributed by atoms with Gasteiger partial charge in [0.2, 0.25) is 0 Å². The van der Waals surface area contributed by atoms with E-state index in [9.17, 15) is 24.5 Å². The topological polar surface area (TPSA) is 175 Å². The highest BCUT2D eigenvalue weighted by Gasteiger charge is 2.32. The number of esters is 1. The van der Waals surface area contributed by atoms with E-state index in [2.05, 4.69) is 21.2 Å². The number of hydrogen-bond acceptors (Lipinski definition) is 9. The molecule has 268 valence electrons. The van der Waals surface area contributed by atoms with Gasteiger partial charge in [-0.3, -0.25) is 14.9 Å². The standard InChI is InChI=1S/C39H34N6O8/c1-24-35(38(47)52-3)36(42-39(48)41-24)27-14-19-32(33(21-27)51-2)53-23-34(46)43-40-22-28-20-31(25-10-6-4-7-11-25)44(37(28)26-12-8-5-9-13-26)29-15-17-30(18-16-29)45(49)50/h4-22,36H,23H2,1-3H3,(H,43,46)(H2,41,42,48)/b40-22-/t36-/m1/s1. The molecule has 6 rings (SSSR count). The lowest BCUT2D eigenvalue weighted by molar-refractivity contribution is -0.384. The molecule has 0 unspecified atom stereocenters. The zero-order chi connectivity index (χ0) is 37.5. The third kappa shape index (κ3) is 7.76. The summed E-state index contributed by atoms with van der Waals surface area (Å²) in [6, 6.07) is 31.0. The number of carbonyl (C=O) groups excluding carboxylic acids is 3. The van der Waals surface area contributed by atoms with E-state index < -0.39 is 35.5 Å². The Balaban J connectivity index is 1.24. The highest BCUT2D eigenvalue weighted by Crippen LogP contribution is 2.37. The Morgan fingerprint density at radius 1 is 0.925 bits per heavy atom. The van der Waals surface area contributed by atoms with Gasteiger partial charge in [0.05, 0.1) is 48.4 Å². The number of rotatable bonds is 12. The Hall–Kier alpha value is -7.22. The van der Waals surface area contributed by atoms with Crippen LogP contribution in [0.1, 0.15) is 24.1 Å². The van der Waals surface area contributed by atoms with Crippen LogP contribution in [-0.2, 0) is 14.3 Å². The summed E-state index contributed by atoms with van der Waals surface area (Å²) in [7, 11) is 2.68. The first-order valence-corrected chi connectivity index (χ1v) is 16.3. The maximum Gasteiger partial charge on any atom is 0.337 e. The fraction of sp³-hybridized carbons (Fsp3) is 0.128. The Morgan fingerprint density at radius 2 is 1.60 bits per heavy atom. The smallest absolute Gasteiger partial charge is 0.337 e. The van der Waals surface area contributed by atoms with Crippen LogP contribution in [0.2, 0.25) is 0 Å². The van der Waals surface area contributed by atoms with Gasteiger partial charge in [-0.2, -0.15) is 5.10 Å². The number of urea groups is 1. The average molecular weight is 715 g/mol. The van der Waals surface area contributed by atoms with Crippen molar-refractivity contribution in [2.45, 2.75) is 13.0 Å². The second-order valence-electron chi connectivity index (χ2n) is 11.7. The highest BCUT2D eigenvalue weighted by atomic mass is 16.6. The van der Waals surface area contributed by atoms with E-state index in [1.165, 1.54) is 32.6 Å². The molecule has 3 N–H and O–H groups in total. The molecule has 0 aliphatic carbocycles. The second kappa shape index (κ2) is 15.8. The molecule has 3 amide bonds. The van der Waals surface area contributed by atoms with E-state index in [1.54, 1.807) is 37.3 Å². The summed E-state index contributed by atoms with van der Waals surface area (Å²) in [4.78, 5) is 48.6. The van der Waals surface area contributed by atoms with Gasteiger partial charge in [-0.05, 0) is 53.9 Å². The number of amides is 3. The van der Waals surface area contributed by atoms with E-state index in [4.69, 9.17) is 14.2 Å². The zero-order valence-corrected chi connectivity index (χ0v) is 28.9. The predicted molar refractivity (Wildman–Crippen MR) is 197 cm³/mol. The largest absolute Gasteiger partial charge is 0.493 e. The SMILES string of the molecule is COC(=O)C1=C(C)NC(=O)N[C@@H]1c1ccc(OCC(=O)N/N=C\c2cc(-c3ccccc3)n(-c3ccc([N+](=O)[O-])cc3)c2-c2ccccc2)c(OC)c1. The van der Waals surface area contributed by atoms with Crippen LogP contribution in [0.4, 0.5) is 10.5 Å². The van der Waals surface area contributed by atoms with Crippen molar-refractivity contribution in [1.29, 1.82) is 0 Å². The van der Waals surface area contributed by atoms with E-state index >= 15 is 0 Å². The van der Waals surface area contributed by atoms with Crippen LogP contribution in [0, 0.1) is 10.1 Å². The summed E-state index contributed by atoms with van der Waals surface area (Å²) in [5.74, 6) is -0.646. The summed E-state index contributed by atoms with van der Waals surface area (Å²) in [5, 5.41) is 20.9. The van der Waals surface area contributed by atoms with Crippen molar-refractivity contribution in [3.05, 3.63) is 142 Å². The lowest BCUT2D eigenvalue weighted by Crippen LogP contribution is -2.45. The van der Waals surface area contributed by atoms with Gasteiger partial charge in [0.1, 0.15) is 0 Å². The van der Waals surface area contributed by atoms with Crippen LogP contribution in [0.3, 0.4) is 0 Å². The number of carbonyl (C=O) groups is 3. The minimum atomic E-state index is -0.810. The van der Waals surface area contributed by atoms with Crippen molar-refractivity contribution in [3.8, 4) is 39.7 Å². The number of hydrogen-bond donors (Lipinski definition) is 3. The van der Waals surface area contributed by atoms with Crippen LogP contribution < -0.4 is 25.5 Å². The number of nitro groups is 1. The summed E-state index contributed by atoms with van der Waals surface area (Å²) < 4.78 is 18.2. The van der Waals surface area contributed by atoms with Crippen LogP contribution >= 0.6 is 0 Å². The molecule has 1 aromatic heterocycles.